The fourth-order valence-corrected chi connectivity index (χ4v) is 2.98. The molecule has 2 N–H and O–H groups in total. The Morgan fingerprint density at radius 2 is 1.97 bits per heavy atom. The summed E-state index contributed by atoms with van der Waals surface area (Å²) in [7, 11) is 0. The van der Waals surface area contributed by atoms with E-state index in [1.165, 1.54) is 6.07 Å². The average Bonchev–Trinajstić information content (AvgIpc) is 2.73. The van der Waals surface area contributed by atoms with E-state index in [-0.39, 0.29) is 12.3 Å². The van der Waals surface area contributed by atoms with Crippen LogP contribution in [0.3, 0.4) is 0 Å². The van der Waals surface area contributed by atoms with Crippen molar-refractivity contribution in [3.05, 3.63) is 29.8 Å². The van der Waals surface area contributed by atoms with Crippen molar-refractivity contribution >= 4 is 5.96 Å². The maximum absolute atomic E-state index is 12.4. The molecule has 0 aromatic heterocycles. The van der Waals surface area contributed by atoms with Crippen LogP contribution in [0.25, 0.3) is 0 Å². The molecule has 0 unspecified atom stereocenters. The highest BCUT2D eigenvalue weighted by molar-refractivity contribution is 5.79. The average molecular weight is 431 g/mol. The summed E-state index contributed by atoms with van der Waals surface area (Å²) >= 11 is 0. The summed E-state index contributed by atoms with van der Waals surface area (Å²) in [6.45, 7) is 5.29. The van der Waals surface area contributed by atoms with Crippen LogP contribution in [-0.2, 0) is 16.0 Å². The molecule has 1 saturated heterocycles. The Balaban J connectivity index is 1.74. The van der Waals surface area contributed by atoms with Gasteiger partial charge in [-0.05, 0) is 38.2 Å². The minimum absolute atomic E-state index is 0.191. The minimum atomic E-state index is -4.38. The summed E-state index contributed by atoms with van der Waals surface area (Å²) in [5, 5.41) is 6.36. The van der Waals surface area contributed by atoms with Gasteiger partial charge in [0, 0.05) is 45.1 Å². The van der Waals surface area contributed by atoms with Gasteiger partial charge in [0.15, 0.2) is 12.6 Å². The zero-order valence-corrected chi connectivity index (χ0v) is 17.5. The lowest BCUT2D eigenvalue weighted by molar-refractivity contribution is -0.153. The van der Waals surface area contributed by atoms with Gasteiger partial charge in [0.1, 0.15) is 5.75 Å². The third kappa shape index (κ3) is 10.2. The van der Waals surface area contributed by atoms with Crippen molar-refractivity contribution in [2.75, 3.05) is 46.1 Å². The largest absolute Gasteiger partial charge is 0.484 e. The molecule has 1 aliphatic rings. The van der Waals surface area contributed by atoms with Crippen LogP contribution < -0.4 is 15.4 Å². The lowest BCUT2D eigenvalue weighted by Gasteiger charge is -2.21. The fourth-order valence-electron chi connectivity index (χ4n) is 2.98. The maximum Gasteiger partial charge on any atom is 0.422 e. The second kappa shape index (κ2) is 13.3. The van der Waals surface area contributed by atoms with Crippen LogP contribution in [0, 0.1) is 5.92 Å². The number of rotatable bonds is 11. The fraction of sp³-hybridized carbons (Fsp3) is 0.667. The number of alkyl halides is 3. The molecule has 0 saturated carbocycles. The molecule has 0 spiro atoms. The van der Waals surface area contributed by atoms with E-state index < -0.39 is 12.8 Å². The Labute approximate surface area is 176 Å². The minimum Gasteiger partial charge on any atom is -0.484 e. The van der Waals surface area contributed by atoms with E-state index in [1.54, 1.807) is 18.2 Å². The molecule has 1 aromatic carbocycles. The van der Waals surface area contributed by atoms with Crippen molar-refractivity contribution in [3.8, 4) is 5.75 Å². The first-order valence-corrected chi connectivity index (χ1v) is 10.4. The lowest BCUT2D eigenvalue weighted by Crippen LogP contribution is -2.38. The smallest absolute Gasteiger partial charge is 0.422 e. The Hall–Kier alpha value is -2.00. The zero-order valence-electron chi connectivity index (χ0n) is 17.5. The summed E-state index contributed by atoms with van der Waals surface area (Å²) in [6.07, 6.45) is -1.42. The van der Waals surface area contributed by atoms with E-state index in [2.05, 4.69) is 15.6 Å². The van der Waals surface area contributed by atoms with Crippen molar-refractivity contribution < 1.29 is 27.4 Å². The maximum atomic E-state index is 12.4. The number of aliphatic imine (C=N–C) groups is 1. The Bertz CT molecular complexity index is 635. The molecule has 0 atom stereocenters. The van der Waals surface area contributed by atoms with E-state index in [0.29, 0.717) is 37.1 Å². The molecule has 0 amide bonds. The van der Waals surface area contributed by atoms with Crippen molar-refractivity contribution in [1.82, 2.24) is 10.6 Å². The third-order valence-corrected chi connectivity index (χ3v) is 4.57. The predicted molar refractivity (Wildman–Crippen MR) is 110 cm³/mol. The number of benzene rings is 1. The van der Waals surface area contributed by atoms with E-state index in [4.69, 9.17) is 14.2 Å². The van der Waals surface area contributed by atoms with E-state index in [0.717, 1.165) is 39.1 Å². The van der Waals surface area contributed by atoms with Gasteiger partial charge in [0.25, 0.3) is 0 Å². The molecule has 9 heteroatoms. The van der Waals surface area contributed by atoms with Crippen LogP contribution in [0.1, 0.15) is 31.7 Å². The number of para-hydroxylation sites is 1. The monoisotopic (exact) mass is 431 g/mol. The first-order chi connectivity index (χ1) is 14.5. The van der Waals surface area contributed by atoms with Crippen molar-refractivity contribution in [1.29, 1.82) is 0 Å². The lowest BCUT2D eigenvalue weighted by atomic mass is 10.0. The van der Waals surface area contributed by atoms with Gasteiger partial charge >= 0.3 is 6.18 Å². The van der Waals surface area contributed by atoms with Crippen molar-refractivity contribution in [3.63, 3.8) is 0 Å². The molecule has 1 aliphatic heterocycles. The molecule has 1 heterocycles. The van der Waals surface area contributed by atoms with E-state index >= 15 is 0 Å². The summed E-state index contributed by atoms with van der Waals surface area (Å²) < 4.78 is 53.3. The molecular formula is C21H32F3N3O3. The Kier molecular flexibility index (Phi) is 10.8. The van der Waals surface area contributed by atoms with Crippen LogP contribution in [0.4, 0.5) is 13.2 Å². The number of ether oxygens (including phenoxy) is 3. The van der Waals surface area contributed by atoms with E-state index in [9.17, 15) is 13.2 Å². The van der Waals surface area contributed by atoms with Gasteiger partial charge in [-0.15, -0.1) is 0 Å². The second-order valence-electron chi connectivity index (χ2n) is 7.12. The molecule has 0 aliphatic carbocycles. The Morgan fingerprint density at radius 1 is 1.20 bits per heavy atom. The van der Waals surface area contributed by atoms with Gasteiger partial charge in [0.05, 0.1) is 6.54 Å². The number of halogens is 3. The molecule has 30 heavy (non-hydrogen) atoms. The zero-order chi connectivity index (χ0) is 21.7. The second-order valence-corrected chi connectivity index (χ2v) is 7.12. The molecule has 6 nitrogen and oxygen atoms in total. The standard InChI is InChI=1S/C21H32F3N3O3/c1-2-25-20(26-10-5-11-29-15-17-8-12-28-13-9-17)27-14-18-6-3-4-7-19(18)30-16-21(22,23)24/h3-4,6-7,17H,2,5,8-16H2,1H3,(H2,25,26,27). The van der Waals surface area contributed by atoms with Crippen LogP contribution in [0.5, 0.6) is 5.75 Å². The van der Waals surface area contributed by atoms with Crippen molar-refractivity contribution in [2.24, 2.45) is 10.9 Å². The van der Waals surface area contributed by atoms with Gasteiger partial charge < -0.3 is 24.8 Å². The first kappa shape index (κ1) is 24.3. The van der Waals surface area contributed by atoms with Gasteiger partial charge in [-0.25, -0.2) is 4.99 Å². The van der Waals surface area contributed by atoms with Gasteiger partial charge in [0.2, 0.25) is 0 Å². The summed E-state index contributed by atoms with van der Waals surface area (Å²) in [4.78, 5) is 4.46. The summed E-state index contributed by atoms with van der Waals surface area (Å²) in [5.41, 5.74) is 0.596. The third-order valence-electron chi connectivity index (χ3n) is 4.57. The van der Waals surface area contributed by atoms with Gasteiger partial charge in [-0.2, -0.15) is 13.2 Å². The number of hydrogen-bond acceptors (Lipinski definition) is 4. The number of nitrogens with zero attached hydrogens (tertiary/aromatic N) is 1. The van der Waals surface area contributed by atoms with Crippen LogP contribution in [0.15, 0.2) is 29.3 Å². The molecule has 170 valence electrons. The topological polar surface area (TPSA) is 64.1 Å². The van der Waals surface area contributed by atoms with Crippen LogP contribution in [0.2, 0.25) is 0 Å². The number of guanidine groups is 1. The molecular weight excluding hydrogens is 399 g/mol. The molecule has 1 fully saturated rings. The predicted octanol–water partition coefficient (Wildman–Crippen LogP) is 3.52. The number of hydrogen-bond donors (Lipinski definition) is 2. The van der Waals surface area contributed by atoms with E-state index in [1.807, 2.05) is 6.92 Å². The van der Waals surface area contributed by atoms with Crippen molar-refractivity contribution in [2.45, 2.75) is 38.9 Å². The highest BCUT2D eigenvalue weighted by Crippen LogP contribution is 2.22. The highest BCUT2D eigenvalue weighted by Gasteiger charge is 2.28. The highest BCUT2D eigenvalue weighted by atomic mass is 19.4. The Morgan fingerprint density at radius 3 is 2.70 bits per heavy atom. The quantitative estimate of drug-likeness (QED) is 0.319. The van der Waals surface area contributed by atoms with Crippen LogP contribution >= 0.6 is 0 Å². The summed E-state index contributed by atoms with van der Waals surface area (Å²) in [6, 6.07) is 6.62. The molecule has 0 bridgehead atoms. The molecule has 2 rings (SSSR count). The molecule has 0 radical (unpaired) electrons. The van der Waals surface area contributed by atoms with Gasteiger partial charge in [-0.3, -0.25) is 0 Å². The number of nitrogens with one attached hydrogen (secondary N) is 2. The molecule has 1 aromatic rings. The summed E-state index contributed by atoms with van der Waals surface area (Å²) in [5.74, 6) is 1.38. The first-order valence-electron chi connectivity index (χ1n) is 10.4. The normalized spacial score (nSPS) is 15.8. The SMILES string of the molecule is CCNC(=NCc1ccccc1OCC(F)(F)F)NCCCOCC1CCOCC1. The van der Waals surface area contributed by atoms with Crippen LogP contribution in [-0.4, -0.2) is 58.3 Å². The van der Waals surface area contributed by atoms with Gasteiger partial charge in [-0.1, -0.05) is 18.2 Å².